The van der Waals surface area contributed by atoms with Crippen molar-refractivity contribution in [3.63, 3.8) is 0 Å². The van der Waals surface area contributed by atoms with Gasteiger partial charge in [0.05, 0.1) is 15.6 Å². The smallest absolute Gasteiger partial charge is 0.253 e. The van der Waals surface area contributed by atoms with Crippen molar-refractivity contribution in [2.45, 2.75) is 63.4 Å². The Morgan fingerprint density at radius 1 is 1.16 bits per heavy atom. The molecule has 1 aliphatic rings. The first-order valence-corrected chi connectivity index (χ1v) is 10.7. The molecule has 1 atom stereocenters. The van der Waals surface area contributed by atoms with Crippen LogP contribution in [-0.2, 0) is 10.0 Å². The predicted molar refractivity (Wildman–Crippen MR) is 101 cm³/mol. The summed E-state index contributed by atoms with van der Waals surface area (Å²) >= 11 is 12.2. The molecular formula is C17H24Cl2N2O3S. The molecule has 1 fully saturated rings. The molecule has 0 spiro atoms. The highest BCUT2D eigenvalue weighted by Crippen LogP contribution is 2.30. The molecule has 140 valence electrons. The molecule has 1 aromatic rings. The Bertz CT molecular complexity index is 747. The summed E-state index contributed by atoms with van der Waals surface area (Å²) < 4.78 is 27.4. The minimum absolute atomic E-state index is 0.00237. The van der Waals surface area contributed by atoms with E-state index in [-0.39, 0.29) is 32.6 Å². The van der Waals surface area contributed by atoms with E-state index >= 15 is 0 Å². The molecule has 1 aromatic carbocycles. The third-order valence-corrected chi connectivity index (χ3v) is 6.31. The normalized spacial score (nSPS) is 16.1. The zero-order chi connectivity index (χ0) is 18.8. The van der Waals surface area contributed by atoms with Gasteiger partial charge >= 0.3 is 0 Å². The molecule has 2 rings (SSSR count). The molecule has 0 saturated heterocycles. The summed E-state index contributed by atoms with van der Waals surface area (Å²) in [6, 6.07) is 2.47. The lowest BCUT2D eigenvalue weighted by molar-refractivity contribution is 0.0937. The highest BCUT2D eigenvalue weighted by molar-refractivity contribution is 7.89. The van der Waals surface area contributed by atoms with Gasteiger partial charge < -0.3 is 5.32 Å². The van der Waals surface area contributed by atoms with Gasteiger partial charge in [-0.3, -0.25) is 4.79 Å². The fraction of sp³-hybridized carbons (Fsp3) is 0.588. The average Bonchev–Trinajstić information content (AvgIpc) is 3.27. The van der Waals surface area contributed by atoms with Crippen molar-refractivity contribution < 1.29 is 13.2 Å². The SMILES string of the molecule is CC(C)CC[C@H](C)NC(=O)c1cc(S(=O)(=O)NC2CC2)c(Cl)cc1Cl. The number of sulfonamides is 1. The van der Waals surface area contributed by atoms with E-state index in [4.69, 9.17) is 23.2 Å². The highest BCUT2D eigenvalue weighted by Gasteiger charge is 2.30. The lowest BCUT2D eigenvalue weighted by Crippen LogP contribution is -2.33. The summed E-state index contributed by atoms with van der Waals surface area (Å²) in [7, 11) is -3.77. The minimum atomic E-state index is -3.77. The summed E-state index contributed by atoms with van der Waals surface area (Å²) in [5, 5.41) is 2.99. The third kappa shape index (κ3) is 5.84. The van der Waals surface area contributed by atoms with E-state index in [0.29, 0.717) is 5.92 Å². The first-order chi connectivity index (χ1) is 11.6. The van der Waals surface area contributed by atoms with E-state index in [1.807, 2.05) is 6.92 Å². The number of rotatable bonds is 8. The Kier molecular flexibility index (Phi) is 6.76. The van der Waals surface area contributed by atoms with Crippen molar-refractivity contribution in [2.75, 3.05) is 0 Å². The van der Waals surface area contributed by atoms with Gasteiger partial charge in [0.25, 0.3) is 5.91 Å². The maximum atomic E-state index is 12.5. The quantitative estimate of drug-likeness (QED) is 0.684. The summed E-state index contributed by atoms with van der Waals surface area (Å²) in [6.45, 7) is 6.15. The Hall–Kier alpha value is -0.820. The molecule has 1 aliphatic carbocycles. The monoisotopic (exact) mass is 406 g/mol. The number of amides is 1. The first-order valence-electron chi connectivity index (χ1n) is 8.42. The van der Waals surface area contributed by atoms with Gasteiger partial charge in [0.2, 0.25) is 10.0 Å². The van der Waals surface area contributed by atoms with Crippen LogP contribution >= 0.6 is 23.2 Å². The van der Waals surface area contributed by atoms with E-state index in [1.54, 1.807) is 0 Å². The molecule has 0 bridgehead atoms. The van der Waals surface area contributed by atoms with Crippen molar-refractivity contribution >= 4 is 39.1 Å². The van der Waals surface area contributed by atoms with Crippen LogP contribution in [0.25, 0.3) is 0 Å². The van der Waals surface area contributed by atoms with Crippen molar-refractivity contribution in [1.29, 1.82) is 0 Å². The standard InChI is InChI=1S/C17H24Cl2N2O3S/c1-10(2)4-5-11(3)20-17(22)13-8-16(15(19)9-14(13)18)25(23,24)21-12-6-7-12/h8-12,21H,4-7H2,1-3H3,(H,20,22)/t11-/m0/s1. The molecule has 0 aliphatic heterocycles. The van der Waals surface area contributed by atoms with Gasteiger partial charge in [-0.15, -0.1) is 0 Å². The van der Waals surface area contributed by atoms with Gasteiger partial charge in [-0.2, -0.15) is 0 Å². The van der Waals surface area contributed by atoms with Crippen molar-refractivity contribution in [1.82, 2.24) is 10.0 Å². The van der Waals surface area contributed by atoms with E-state index in [2.05, 4.69) is 23.9 Å². The van der Waals surface area contributed by atoms with Gasteiger partial charge in [0, 0.05) is 12.1 Å². The van der Waals surface area contributed by atoms with E-state index < -0.39 is 15.9 Å². The fourth-order valence-electron chi connectivity index (χ4n) is 2.35. The number of carbonyl (C=O) groups excluding carboxylic acids is 1. The van der Waals surface area contributed by atoms with Gasteiger partial charge in [-0.05, 0) is 50.7 Å². The number of hydrogen-bond donors (Lipinski definition) is 2. The highest BCUT2D eigenvalue weighted by atomic mass is 35.5. The second-order valence-corrected chi connectivity index (χ2v) is 9.50. The Morgan fingerprint density at radius 3 is 2.36 bits per heavy atom. The lowest BCUT2D eigenvalue weighted by atomic mass is 10.0. The lowest BCUT2D eigenvalue weighted by Gasteiger charge is -2.16. The van der Waals surface area contributed by atoms with Gasteiger partial charge in [-0.1, -0.05) is 37.0 Å². The number of halogens is 2. The number of benzene rings is 1. The average molecular weight is 407 g/mol. The molecule has 0 heterocycles. The zero-order valence-corrected chi connectivity index (χ0v) is 16.9. The second kappa shape index (κ2) is 8.25. The summed E-state index contributed by atoms with van der Waals surface area (Å²) in [6.07, 6.45) is 3.44. The largest absolute Gasteiger partial charge is 0.350 e. The Balaban J connectivity index is 2.19. The summed E-state index contributed by atoms with van der Waals surface area (Å²) in [5.41, 5.74) is 0.110. The summed E-state index contributed by atoms with van der Waals surface area (Å²) in [4.78, 5) is 12.4. The number of carbonyl (C=O) groups is 1. The molecule has 1 saturated carbocycles. The van der Waals surface area contributed by atoms with Gasteiger partial charge in [-0.25, -0.2) is 13.1 Å². The van der Waals surface area contributed by atoms with Crippen LogP contribution in [-0.4, -0.2) is 26.4 Å². The van der Waals surface area contributed by atoms with Crippen LogP contribution in [0.1, 0.15) is 56.8 Å². The van der Waals surface area contributed by atoms with Crippen molar-refractivity contribution in [3.8, 4) is 0 Å². The van der Waals surface area contributed by atoms with Crippen LogP contribution in [0.4, 0.5) is 0 Å². The zero-order valence-electron chi connectivity index (χ0n) is 14.6. The van der Waals surface area contributed by atoms with Crippen LogP contribution in [0.5, 0.6) is 0 Å². The van der Waals surface area contributed by atoms with Crippen molar-refractivity contribution in [3.05, 3.63) is 27.7 Å². The number of hydrogen-bond acceptors (Lipinski definition) is 3. The van der Waals surface area contributed by atoms with Crippen LogP contribution in [0.2, 0.25) is 10.0 Å². The molecule has 8 heteroatoms. The molecule has 0 aromatic heterocycles. The van der Waals surface area contributed by atoms with Gasteiger partial charge in [0.1, 0.15) is 4.90 Å². The Labute approximate surface area is 159 Å². The third-order valence-electron chi connectivity index (χ3n) is 4.01. The molecular weight excluding hydrogens is 383 g/mol. The Morgan fingerprint density at radius 2 is 1.80 bits per heavy atom. The maximum Gasteiger partial charge on any atom is 0.253 e. The van der Waals surface area contributed by atoms with E-state index in [9.17, 15) is 13.2 Å². The molecule has 25 heavy (non-hydrogen) atoms. The molecule has 0 radical (unpaired) electrons. The molecule has 1 amide bonds. The minimum Gasteiger partial charge on any atom is -0.350 e. The first kappa shape index (κ1) is 20.5. The van der Waals surface area contributed by atoms with Gasteiger partial charge in [0.15, 0.2) is 0 Å². The van der Waals surface area contributed by atoms with E-state index in [0.717, 1.165) is 25.7 Å². The van der Waals surface area contributed by atoms with Crippen molar-refractivity contribution in [2.24, 2.45) is 5.92 Å². The molecule has 2 N–H and O–H groups in total. The maximum absolute atomic E-state index is 12.5. The molecule has 5 nitrogen and oxygen atoms in total. The van der Waals surface area contributed by atoms with Crippen LogP contribution in [0.3, 0.4) is 0 Å². The fourth-order valence-corrected chi connectivity index (χ4v) is 4.51. The number of nitrogens with one attached hydrogen (secondary N) is 2. The van der Waals surface area contributed by atoms with Crippen LogP contribution in [0.15, 0.2) is 17.0 Å². The van der Waals surface area contributed by atoms with Crippen LogP contribution < -0.4 is 10.0 Å². The summed E-state index contributed by atoms with van der Waals surface area (Å²) in [5.74, 6) is 0.143. The molecule has 0 unspecified atom stereocenters. The second-order valence-electron chi connectivity index (χ2n) is 7.00. The predicted octanol–water partition coefficient (Wildman–Crippen LogP) is 3.99. The topological polar surface area (TPSA) is 75.3 Å². The van der Waals surface area contributed by atoms with Crippen LogP contribution in [0, 0.1) is 5.92 Å². The van der Waals surface area contributed by atoms with E-state index in [1.165, 1.54) is 12.1 Å².